The number of ketones is 2. The van der Waals surface area contributed by atoms with Gasteiger partial charge >= 0.3 is 0 Å². The number of sulfonamides is 1. The summed E-state index contributed by atoms with van der Waals surface area (Å²) in [5.74, 6) is -0.199. The molecule has 0 amide bonds. The van der Waals surface area contributed by atoms with Crippen LogP contribution in [0.3, 0.4) is 0 Å². The van der Waals surface area contributed by atoms with Crippen LogP contribution >= 0.6 is 11.8 Å². The van der Waals surface area contributed by atoms with Gasteiger partial charge in [0.15, 0.2) is 5.78 Å². The monoisotopic (exact) mass is 397 g/mol. The van der Waals surface area contributed by atoms with Crippen LogP contribution in [0.15, 0.2) is 70.6 Å². The van der Waals surface area contributed by atoms with Crippen molar-refractivity contribution in [2.45, 2.75) is 6.42 Å². The number of benzene rings is 2. The summed E-state index contributed by atoms with van der Waals surface area (Å²) >= 11 is 1.21. The third kappa shape index (κ3) is 3.13. The smallest absolute Gasteiger partial charge is 0.267 e. The first-order chi connectivity index (χ1) is 13.0. The number of hydrogen-bond donors (Lipinski definition) is 1. The van der Waals surface area contributed by atoms with Gasteiger partial charge in [0.05, 0.1) is 5.57 Å². The zero-order valence-electron chi connectivity index (χ0n) is 14.1. The van der Waals surface area contributed by atoms with E-state index in [1.54, 1.807) is 54.6 Å². The molecule has 0 saturated carbocycles. The van der Waals surface area contributed by atoms with E-state index >= 15 is 0 Å². The SMILES string of the molecule is O=C1C(NS(=O)(=O)C2=CCCS2)=C(c2ccccc2)C(=O)c2ccccc21. The Morgan fingerprint density at radius 3 is 2.11 bits per heavy atom. The number of rotatable bonds is 4. The van der Waals surface area contributed by atoms with Crippen LogP contribution in [0.5, 0.6) is 0 Å². The molecule has 1 N–H and O–H groups in total. The van der Waals surface area contributed by atoms with Crippen molar-refractivity contribution in [1.29, 1.82) is 0 Å². The first kappa shape index (κ1) is 17.8. The molecular formula is C20H15NO4S2. The lowest BCUT2D eigenvalue weighted by molar-refractivity contribution is 0.0988. The van der Waals surface area contributed by atoms with Gasteiger partial charge < -0.3 is 0 Å². The van der Waals surface area contributed by atoms with Crippen LogP contribution in [0.4, 0.5) is 0 Å². The molecule has 2 aliphatic rings. The van der Waals surface area contributed by atoms with E-state index in [4.69, 9.17) is 0 Å². The maximum absolute atomic E-state index is 13.1. The Morgan fingerprint density at radius 1 is 0.852 bits per heavy atom. The summed E-state index contributed by atoms with van der Waals surface area (Å²) < 4.78 is 28.1. The Labute approximate surface area is 161 Å². The first-order valence-corrected chi connectivity index (χ1v) is 10.8. The highest BCUT2D eigenvalue weighted by Crippen LogP contribution is 2.34. The normalized spacial score (nSPS) is 17.0. The number of fused-ring (bicyclic) bond motifs is 1. The second-order valence-electron chi connectivity index (χ2n) is 6.09. The lowest BCUT2D eigenvalue weighted by Gasteiger charge is -2.22. The fourth-order valence-electron chi connectivity index (χ4n) is 3.12. The Kier molecular flexibility index (Phi) is 4.49. The first-order valence-electron chi connectivity index (χ1n) is 8.33. The van der Waals surface area contributed by atoms with Gasteiger partial charge in [0.1, 0.15) is 9.93 Å². The Bertz CT molecular complexity index is 1120. The van der Waals surface area contributed by atoms with Crippen molar-refractivity contribution in [3.8, 4) is 0 Å². The van der Waals surface area contributed by atoms with Gasteiger partial charge in [0.2, 0.25) is 5.78 Å². The van der Waals surface area contributed by atoms with E-state index in [0.717, 1.165) is 0 Å². The quantitative estimate of drug-likeness (QED) is 0.856. The summed E-state index contributed by atoms with van der Waals surface area (Å²) in [6.07, 6.45) is 2.28. The van der Waals surface area contributed by atoms with E-state index in [1.165, 1.54) is 17.8 Å². The van der Waals surface area contributed by atoms with E-state index in [0.29, 0.717) is 17.7 Å². The minimum absolute atomic E-state index is 0.0754. The van der Waals surface area contributed by atoms with Crippen molar-refractivity contribution >= 4 is 38.9 Å². The van der Waals surface area contributed by atoms with Gasteiger partial charge in [-0.15, -0.1) is 11.8 Å². The highest BCUT2D eigenvalue weighted by molar-refractivity contribution is 8.18. The lowest BCUT2D eigenvalue weighted by atomic mass is 9.84. The maximum atomic E-state index is 13.1. The summed E-state index contributed by atoms with van der Waals surface area (Å²) in [7, 11) is -3.92. The number of nitrogens with one attached hydrogen (secondary N) is 1. The van der Waals surface area contributed by atoms with E-state index in [2.05, 4.69) is 4.72 Å². The van der Waals surface area contributed by atoms with E-state index in [1.807, 2.05) is 0 Å². The second kappa shape index (κ2) is 6.83. The van der Waals surface area contributed by atoms with Crippen LogP contribution in [0.2, 0.25) is 0 Å². The van der Waals surface area contributed by atoms with Gasteiger partial charge in [-0.2, -0.15) is 0 Å². The fraction of sp³-hybridized carbons (Fsp3) is 0.100. The topological polar surface area (TPSA) is 80.3 Å². The summed E-state index contributed by atoms with van der Waals surface area (Å²) in [5, 5.41) is 0. The lowest BCUT2D eigenvalue weighted by Crippen LogP contribution is -2.33. The molecular weight excluding hydrogens is 382 g/mol. The van der Waals surface area contributed by atoms with Crippen molar-refractivity contribution in [2.24, 2.45) is 0 Å². The van der Waals surface area contributed by atoms with Gasteiger partial charge in [-0.25, -0.2) is 8.42 Å². The number of thioether (sulfide) groups is 1. The van der Waals surface area contributed by atoms with Gasteiger partial charge in [-0.05, 0) is 12.0 Å². The van der Waals surface area contributed by atoms with Crippen LogP contribution < -0.4 is 4.72 Å². The Balaban J connectivity index is 1.90. The summed E-state index contributed by atoms with van der Waals surface area (Å²) in [5.41, 5.74) is 0.854. The van der Waals surface area contributed by atoms with Gasteiger partial charge in [-0.3, -0.25) is 14.3 Å². The predicted octanol–water partition coefficient (Wildman–Crippen LogP) is 3.37. The molecule has 27 heavy (non-hydrogen) atoms. The molecule has 0 fully saturated rings. The molecule has 0 unspecified atom stereocenters. The highest BCUT2D eigenvalue weighted by Gasteiger charge is 2.35. The molecule has 0 aromatic heterocycles. The van der Waals surface area contributed by atoms with Crippen molar-refractivity contribution in [3.63, 3.8) is 0 Å². The van der Waals surface area contributed by atoms with Crippen LogP contribution in [0.25, 0.3) is 5.57 Å². The average Bonchev–Trinajstić information content (AvgIpc) is 3.23. The number of carbonyl (C=O) groups excluding carboxylic acids is 2. The van der Waals surface area contributed by atoms with Crippen LogP contribution in [0.1, 0.15) is 32.7 Å². The average molecular weight is 397 g/mol. The maximum Gasteiger partial charge on any atom is 0.267 e. The minimum Gasteiger partial charge on any atom is -0.288 e. The largest absolute Gasteiger partial charge is 0.288 e. The molecule has 0 spiro atoms. The third-order valence-electron chi connectivity index (χ3n) is 4.36. The van der Waals surface area contributed by atoms with Crippen molar-refractivity contribution in [1.82, 2.24) is 4.72 Å². The number of allylic oxidation sites excluding steroid dienone is 3. The van der Waals surface area contributed by atoms with Crippen LogP contribution in [-0.4, -0.2) is 25.7 Å². The molecule has 2 aromatic rings. The van der Waals surface area contributed by atoms with Crippen molar-refractivity contribution in [2.75, 3.05) is 5.75 Å². The summed E-state index contributed by atoms with van der Waals surface area (Å²) in [6.45, 7) is 0. The number of hydrogen-bond acceptors (Lipinski definition) is 5. The molecule has 0 saturated heterocycles. The Hall–Kier alpha value is -2.64. The third-order valence-corrected chi connectivity index (χ3v) is 7.43. The predicted molar refractivity (Wildman–Crippen MR) is 106 cm³/mol. The van der Waals surface area contributed by atoms with E-state index < -0.39 is 15.8 Å². The van der Waals surface area contributed by atoms with Gasteiger partial charge in [0, 0.05) is 16.9 Å². The van der Waals surface area contributed by atoms with E-state index in [9.17, 15) is 18.0 Å². The Morgan fingerprint density at radius 2 is 1.48 bits per heavy atom. The molecule has 5 nitrogen and oxygen atoms in total. The van der Waals surface area contributed by atoms with Crippen molar-refractivity contribution < 1.29 is 18.0 Å². The molecule has 2 aromatic carbocycles. The van der Waals surface area contributed by atoms with Crippen LogP contribution in [-0.2, 0) is 10.0 Å². The van der Waals surface area contributed by atoms with Crippen LogP contribution in [0, 0.1) is 0 Å². The fourth-order valence-corrected chi connectivity index (χ4v) is 5.69. The molecule has 0 radical (unpaired) electrons. The highest BCUT2D eigenvalue weighted by atomic mass is 32.3. The summed E-state index contributed by atoms with van der Waals surface area (Å²) in [4.78, 5) is 26.2. The molecule has 1 heterocycles. The van der Waals surface area contributed by atoms with Crippen molar-refractivity contribution in [3.05, 3.63) is 87.3 Å². The second-order valence-corrected chi connectivity index (χ2v) is 9.13. The summed E-state index contributed by atoms with van der Waals surface area (Å²) in [6, 6.07) is 15.1. The minimum atomic E-state index is -3.92. The standard InChI is InChI=1S/C20H15NO4S2/c22-19-14-9-4-5-10-15(14)20(23)18(17(19)13-7-2-1-3-8-13)21-27(24,25)16-11-6-12-26-16/h1-5,7-11,21H,6,12H2. The molecule has 7 heteroatoms. The number of Topliss-reactive ketones (excluding diaryl/α,β-unsaturated/α-hetero) is 2. The zero-order valence-corrected chi connectivity index (χ0v) is 15.8. The van der Waals surface area contributed by atoms with Gasteiger partial charge in [-0.1, -0.05) is 60.7 Å². The molecule has 0 atom stereocenters. The van der Waals surface area contributed by atoms with E-state index in [-0.39, 0.29) is 32.4 Å². The molecule has 1 aliphatic carbocycles. The molecule has 136 valence electrons. The number of carbonyl (C=O) groups is 2. The molecule has 4 rings (SSSR count). The molecule has 0 bridgehead atoms. The molecule has 1 aliphatic heterocycles. The van der Waals surface area contributed by atoms with Gasteiger partial charge in [0.25, 0.3) is 10.0 Å². The zero-order chi connectivity index (χ0) is 19.0.